The van der Waals surface area contributed by atoms with Gasteiger partial charge in [0.15, 0.2) is 0 Å². The Morgan fingerprint density at radius 2 is 1.84 bits per heavy atom. The van der Waals surface area contributed by atoms with Crippen LogP contribution in [0.15, 0.2) is 60.9 Å². The van der Waals surface area contributed by atoms with Crippen molar-refractivity contribution in [1.82, 2.24) is 15.3 Å². The SMILES string of the molecule is COc1cccc(-c2ccc(CNC(=O)c3cc(C)ncn3)cc2)c1. The Morgan fingerprint density at radius 1 is 1.04 bits per heavy atom. The average Bonchev–Trinajstić information content (AvgIpc) is 2.66. The molecule has 3 aromatic rings. The van der Waals surface area contributed by atoms with Crippen molar-refractivity contribution in [3.8, 4) is 16.9 Å². The Kier molecular flexibility index (Phi) is 5.04. The second-order valence-corrected chi connectivity index (χ2v) is 5.66. The molecule has 126 valence electrons. The van der Waals surface area contributed by atoms with Gasteiger partial charge in [0.1, 0.15) is 17.8 Å². The smallest absolute Gasteiger partial charge is 0.270 e. The number of carbonyl (C=O) groups excluding carboxylic acids is 1. The average molecular weight is 333 g/mol. The zero-order valence-corrected chi connectivity index (χ0v) is 14.2. The minimum absolute atomic E-state index is 0.206. The number of ether oxygens (including phenoxy) is 1. The first-order valence-electron chi connectivity index (χ1n) is 7.96. The number of aromatic nitrogens is 2. The fraction of sp³-hybridized carbons (Fsp3) is 0.150. The van der Waals surface area contributed by atoms with Crippen molar-refractivity contribution in [1.29, 1.82) is 0 Å². The molecule has 0 aliphatic rings. The first kappa shape index (κ1) is 16.6. The quantitative estimate of drug-likeness (QED) is 0.777. The summed E-state index contributed by atoms with van der Waals surface area (Å²) in [6.07, 6.45) is 1.40. The predicted molar refractivity (Wildman–Crippen MR) is 96.4 cm³/mol. The van der Waals surface area contributed by atoms with Gasteiger partial charge in [0.25, 0.3) is 5.91 Å². The molecule has 2 aromatic carbocycles. The number of amides is 1. The topological polar surface area (TPSA) is 64.1 Å². The van der Waals surface area contributed by atoms with Crippen molar-refractivity contribution in [3.05, 3.63) is 77.9 Å². The lowest BCUT2D eigenvalue weighted by molar-refractivity contribution is 0.0945. The van der Waals surface area contributed by atoms with Crippen LogP contribution in [0.25, 0.3) is 11.1 Å². The van der Waals surface area contributed by atoms with Crippen LogP contribution in [0.3, 0.4) is 0 Å². The molecule has 3 rings (SSSR count). The summed E-state index contributed by atoms with van der Waals surface area (Å²) in [4.78, 5) is 20.1. The molecular formula is C20H19N3O2. The van der Waals surface area contributed by atoms with Gasteiger partial charge < -0.3 is 10.1 Å². The van der Waals surface area contributed by atoms with E-state index in [9.17, 15) is 4.79 Å². The van der Waals surface area contributed by atoms with Crippen LogP contribution in [0, 0.1) is 6.92 Å². The van der Waals surface area contributed by atoms with Crippen LogP contribution in [0.5, 0.6) is 5.75 Å². The molecule has 0 aliphatic carbocycles. The van der Waals surface area contributed by atoms with Crippen LogP contribution >= 0.6 is 0 Å². The fourth-order valence-corrected chi connectivity index (χ4v) is 2.47. The number of rotatable bonds is 5. The molecule has 0 atom stereocenters. The van der Waals surface area contributed by atoms with Crippen LogP contribution in [0.2, 0.25) is 0 Å². The van der Waals surface area contributed by atoms with Gasteiger partial charge in [0.05, 0.1) is 7.11 Å². The summed E-state index contributed by atoms with van der Waals surface area (Å²) in [5.74, 6) is 0.622. The summed E-state index contributed by atoms with van der Waals surface area (Å²) in [7, 11) is 1.66. The summed E-state index contributed by atoms with van der Waals surface area (Å²) in [5.41, 5.74) is 4.35. The number of aryl methyl sites for hydroxylation is 1. The number of hydrogen-bond donors (Lipinski definition) is 1. The molecule has 0 saturated heterocycles. The lowest BCUT2D eigenvalue weighted by Gasteiger charge is -2.08. The summed E-state index contributed by atoms with van der Waals surface area (Å²) in [6, 6.07) is 17.7. The predicted octanol–water partition coefficient (Wildman–Crippen LogP) is 3.39. The Bertz CT molecular complexity index is 876. The lowest BCUT2D eigenvalue weighted by atomic mass is 10.0. The number of carbonyl (C=O) groups is 1. The van der Waals surface area contributed by atoms with Crippen LogP contribution in [0.1, 0.15) is 21.7 Å². The van der Waals surface area contributed by atoms with E-state index in [0.717, 1.165) is 28.1 Å². The van der Waals surface area contributed by atoms with E-state index in [2.05, 4.69) is 15.3 Å². The molecule has 25 heavy (non-hydrogen) atoms. The summed E-state index contributed by atoms with van der Waals surface area (Å²) >= 11 is 0. The molecule has 0 unspecified atom stereocenters. The largest absolute Gasteiger partial charge is 0.497 e. The van der Waals surface area contributed by atoms with Gasteiger partial charge in [-0.15, -0.1) is 0 Å². The third-order valence-corrected chi connectivity index (χ3v) is 3.85. The Morgan fingerprint density at radius 3 is 2.56 bits per heavy atom. The zero-order valence-electron chi connectivity index (χ0n) is 14.2. The molecule has 0 aliphatic heterocycles. The highest BCUT2D eigenvalue weighted by Gasteiger charge is 2.07. The van der Waals surface area contributed by atoms with E-state index in [0.29, 0.717) is 12.2 Å². The third kappa shape index (κ3) is 4.20. The van der Waals surface area contributed by atoms with Gasteiger partial charge in [-0.05, 0) is 41.8 Å². The van der Waals surface area contributed by atoms with Crippen molar-refractivity contribution in [2.75, 3.05) is 7.11 Å². The number of nitrogens with one attached hydrogen (secondary N) is 1. The Labute approximate surface area is 146 Å². The highest BCUT2D eigenvalue weighted by molar-refractivity contribution is 5.92. The van der Waals surface area contributed by atoms with Gasteiger partial charge in [-0.3, -0.25) is 4.79 Å². The summed E-state index contributed by atoms with van der Waals surface area (Å²) in [6.45, 7) is 2.27. The van der Waals surface area contributed by atoms with Crippen LogP contribution in [-0.4, -0.2) is 23.0 Å². The van der Waals surface area contributed by atoms with Gasteiger partial charge in [-0.25, -0.2) is 9.97 Å². The van der Waals surface area contributed by atoms with Crippen LogP contribution in [-0.2, 0) is 6.54 Å². The molecule has 0 fully saturated rings. The summed E-state index contributed by atoms with van der Waals surface area (Å²) < 4.78 is 5.26. The molecule has 5 heteroatoms. The molecule has 1 heterocycles. The molecule has 0 saturated carbocycles. The maximum atomic E-state index is 12.1. The van der Waals surface area contributed by atoms with Crippen molar-refractivity contribution in [3.63, 3.8) is 0 Å². The third-order valence-electron chi connectivity index (χ3n) is 3.85. The van der Waals surface area contributed by atoms with E-state index < -0.39 is 0 Å². The standard InChI is InChI=1S/C20H19N3O2/c1-14-10-19(23-13-22-14)20(24)21-12-15-6-8-16(9-7-15)17-4-3-5-18(11-17)25-2/h3-11,13H,12H2,1-2H3,(H,21,24). The first-order chi connectivity index (χ1) is 12.2. The molecular weight excluding hydrogens is 314 g/mol. The Balaban J connectivity index is 1.65. The maximum Gasteiger partial charge on any atom is 0.270 e. The highest BCUT2D eigenvalue weighted by atomic mass is 16.5. The molecule has 0 radical (unpaired) electrons. The lowest BCUT2D eigenvalue weighted by Crippen LogP contribution is -2.24. The van der Waals surface area contributed by atoms with Gasteiger partial charge >= 0.3 is 0 Å². The van der Waals surface area contributed by atoms with Gasteiger partial charge in [-0.2, -0.15) is 0 Å². The highest BCUT2D eigenvalue weighted by Crippen LogP contribution is 2.24. The number of nitrogens with zero attached hydrogens (tertiary/aromatic N) is 2. The van der Waals surface area contributed by atoms with Crippen LogP contribution < -0.4 is 10.1 Å². The molecule has 1 N–H and O–H groups in total. The number of benzene rings is 2. The Hall–Kier alpha value is -3.21. The van der Waals surface area contributed by atoms with E-state index in [4.69, 9.17) is 4.74 Å². The number of hydrogen-bond acceptors (Lipinski definition) is 4. The molecule has 1 aromatic heterocycles. The van der Waals surface area contributed by atoms with Gasteiger partial charge in [0, 0.05) is 12.2 Å². The van der Waals surface area contributed by atoms with E-state index in [-0.39, 0.29) is 5.91 Å². The van der Waals surface area contributed by atoms with Gasteiger partial charge in [0.2, 0.25) is 0 Å². The fourth-order valence-electron chi connectivity index (χ4n) is 2.47. The van der Waals surface area contributed by atoms with Gasteiger partial charge in [-0.1, -0.05) is 36.4 Å². The molecule has 0 spiro atoms. The second-order valence-electron chi connectivity index (χ2n) is 5.66. The molecule has 1 amide bonds. The first-order valence-corrected chi connectivity index (χ1v) is 7.96. The van der Waals surface area contributed by atoms with E-state index in [1.165, 1.54) is 6.33 Å². The van der Waals surface area contributed by atoms with Crippen molar-refractivity contribution < 1.29 is 9.53 Å². The van der Waals surface area contributed by atoms with Crippen molar-refractivity contribution in [2.45, 2.75) is 13.5 Å². The monoisotopic (exact) mass is 333 g/mol. The van der Waals surface area contributed by atoms with E-state index in [1.807, 2.05) is 55.5 Å². The maximum absolute atomic E-state index is 12.1. The number of methoxy groups -OCH3 is 1. The normalized spacial score (nSPS) is 10.3. The molecule has 5 nitrogen and oxygen atoms in total. The van der Waals surface area contributed by atoms with Crippen molar-refractivity contribution in [2.24, 2.45) is 0 Å². The minimum atomic E-state index is -0.206. The summed E-state index contributed by atoms with van der Waals surface area (Å²) in [5, 5.41) is 2.87. The zero-order chi connectivity index (χ0) is 17.6. The van der Waals surface area contributed by atoms with E-state index in [1.54, 1.807) is 13.2 Å². The van der Waals surface area contributed by atoms with E-state index >= 15 is 0 Å². The molecule has 0 bridgehead atoms. The van der Waals surface area contributed by atoms with Crippen LogP contribution in [0.4, 0.5) is 0 Å². The second kappa shape index (κ2) is 7.57. The minimum Gasteiger partial charge on any atom is -0.497 e. The van der Waals surface area contributed by atoms with Crippen molar-refractivity contribution >= 4 is 5.91 Å².